The third-order valence-electron chi connectivity index (χ3n) is 3.19. The molecule has 0 N–H and O–H groups in total. The van der Waals surface area contributed by atoms with Gasteiger partial charge in [0.1, 0.15) is 0 Å². The molecule has 0 aromatic carbocycles. The van der Waals surface area contributed by atoms with E-state index in [-0.39, 0.29) is 24.2 Å². The minimum atomic E-state index is -2.36. The van der Waals surface area contributed by atoms with Gasteiger partial charge in [0.2, 0.25) is 5.92 Å². The van der Waals surface area contributed by atoms with E-state index in [1.165, 1.54) is 0 Å². The van der Waals surface area contributed by atoms with Crippen molar-refractivity contribution in [1.29, 1.82) is 0 Å². The fourth-order valence-electron chi connectivity index (χ4n) is 1.77. The minimum Gasteiger partial charge on any atom is -0.207 e. The van der Waals surface area contributed by atoms with E-state index in [0.717, 1.165) is 0 Å². The molecule has 0 radical (unpaired) electrons. The molecule has 0 saturated heterocycles. The lowest BCUT2D eigenvalue weighted by Gasteiger charge is -2.43. The Hall–Kier alpha value is -0.140. The maximum absolute atomic E-state index is 12.5. The zero-order valence-corrected chi connectivity index (χ0v) is 10.3. The van der Waals surface area contributed by atoms with Gasteiger partial charge in [0, 0.05) is 12.8 Å². The van der Waals surface area contributed by atoms with Gasteiger partial charge in [-0.1, -0.05) is 41.5 Å². The summed E-state index contributed by atoms with van der Waals surface area (Å²) in [6.07, 6.45) is 0.205. The molecule has 2 heteroatoms. The van der Waals surface area contributed by atoms with Gasteiger partial charge in [-0.3, -0.25) is 0 Å². The molecule has 0 aromatic rings. The predicted octanol–water partition coefficient (Wildman–Crippen LogP) is 4.74. The van der Waals surface area contributed by atoms with E-state index >= 15 is 0 Å². The topological polar surface area (TPSA) is 0 Å². The van der Waals surface area contributed by atoms with Crippen molar-refractivity contribution in [2.75, 3.05) is 0 Å². The third kappa shape index (κ3) is 3.55. The molecule has 0 bridgehead atoms. The summed E-state index contributed by atoms with van der Waals surface area (Å²) in [7, 11) is 0. The van der Waals surface area contributed by atoms with Crippen molar-refractivity contribution in [2.24, 2.45) is 17.3 Å². The lowest BCUT2D eigenvalue weighted by molar-refractivity contribution is -0.135. The molecule has 0 amide bonds. The molecule has 86 valence electrons. The van der Waals surface area contributed by atoms with Crippen LogP contribution >= 0.6 is 0 Å². The number of hydrogen-bond donors (Lipinski definition) is 0. The van der Waals surface area contributed by atoms with Crippen molar-refractivity contribution in [3.63, 3.8) is 0 Å². The monoisotopic (exact) mass is 206 g/mol. The maximum atomic E-state index is 12.5. The lowest BCUT2D eigenvalue weighted by Crippen LogP contribution is -2.42. The van der Waals surface area contributed by atoms with Gasteiger partial charge in [0.15, 0.2) is 0 Å². The van der Waals surface area contributed by atoms with E-state index in [2.05, 4.69) is 27.7 Å². The Morgan fingerprint density at radius 3 is 1.71 bits per heavy atom. The summed E-state index contributed by atoms with van der Waals surface area (Å²) in [4.78, 5) is 0. The average Bonchev–Trinajstić information content (AvgIpc) is 2.01. The molecule has 1 aliphatic carbocycles. The van der Waals surface area contributed by atoms with Gasteiger partial charge in [-0.15, -0.1) is 0 Å². The van der Waals surface area contributed by atoms with E-state index in [1.807, 2.05) is 13.8 Å². The van der Waals surface area contributed by atoms with E-state index in [1.54, 1.807) is 0 Å². The van der Waals surface area contributed by atoms with Gasteiger partial charge in [0.05, 0.1) is 0 Å². The van der Waals surface area contributed by atoms with Gasteiger partial charge in [-0.05, 0) is 17.3 Å². The Kier molecular flexibility index (Phi) is 4.54. The number of hydrogen-bond acceptors (Lipinski definition) is 0. The van der Waals surface area contributed by atoms with Crippen LogP contribution in [0.3, 0.4) is 0 Å². The first kappa shape index (κ1) is 13.9. The maximum Gasteiger partial charge on any atom is 0.248 e. The van der Waals surface area contributed by atoms with Crippen LogP contribution in [0.15, 0.2) is 0 Å². The van der Waals surface area contributed by atoms with Gasteiger partial charge in [0.25, 0.3) is 0 Å². The van der Waals surface area contributed by atoms with Gasteiger partial charge in [-0.2, -0.15) is 0 Å². The van der Waals surface area contributed by atoms with Crippen molar-refractivity contribution in [2.45, 2.75) is 60.3 Å². The first-order valence-corrected chi connectivity index (χ1v) is 5.60. The van der Waals surface area contributed by atoms with E-state index in [9.17, 15) is 8.78 Å². The molecule has 0 unspecified atom stereocenters. The smallest absolute Gasteiger partial charge is 0.207 e. The van der Waals surface area contributed by atoms with Crippen LogP contribution in [0, 0.1) is 17.3 Å². The van der Waals surface area contributed by atoms with E-state index in [0.29, 0.717) is 5.92 Å². The second-order valence-corrected chi connectivity index (χ2v) is 5.18. The van der Waals surface area contributed by atoms with Crippen LogP contribution < -0.4 is 0 Å². The molecule has 1 atom stereocenters. The molecular weight excluding hydrogens is 182 g/mol. The highest BCUT2D eigenvalue weighted by atomic mass is 19.3. The fourth-order valence-corrected chi connectivity index (χ4v) is 1.77. The van der Waals surface area contributed by atoms with Crippen molar-refractivity contribution < 1.29 is 8.78 Å². The quantitative estimate of drug-likeness (QED) is 0.581. The first-order chi connectivity index (χ1) is 6.22. The molecule has 0 aliphatic heterocycles. The second-order valence-electron chi connectivity index (χ2n) is 5.18. The summed E-state index contributed by atoms with van der Waals surface area (Å²) in [5.41, 5.74) is 0.168. The Morgan fingerprint density at radius 2 is 1.50 bits per heavy atom. The van der Waals surface area contributed by atoms with Crippen LogP contribution in [0.2, 0.25) is 0 Å². The molecule has 1 aliphatic rings. The summed E-state index contributed by atoms with van der Waals surface area (Å²) in [5.74, 6) is -1.72. The normalized spacial score (nSPS) is 23.1. The molecule has 0 aromatic heterocycles. The van der Waals surface area contributed by atoms with Crippen molar-refractivity contribution in [3.05, 3.63) is 0 Å². The average molecular weight is 206 g/mol. The number of halogens is 2. The van der Waals surface area contributed by atoms with Gasteiger partial charge >= 0.3 is 0 Å². The van der Waals surface area contributed by atoms with Crippen LogP contribution in [-0.2, 0) is 0 Å². The standard InChI is InChI=1S/C10H18F2.C2H6/c1-7(9(2,3)4)8-5-10(11,12)6-8;1-2/h7-8H,5-6H2,1-4H3;1-2H3/t7-;/m0./s1. The second kappa shape index (κ2) is 4.59. The van der Waals surface area contributed by atoms with Crippen LogP contribution in [0.1, 0.15) is 54.4 Å². The highest BCUT2D eigenvalue weighted by molar-refractivity contribution is 4.91. The summed E-state index contributed by atoms with van der Waals surface area (Å²) >= 11 is 0. The zero-order valence-electron chi connectivity index (χ0n) is 10.3. The largest absolute Gasteiger partial charge is 0.248 e. The Morgan fingerprint density at radius 1 is 1.14 bits per heavy atom. The van der Waals surface area contributed by atoms with Crippen LogP contribution in [0.25, 0.3) is 0 Å². The molecule has 0 nitrogen and oxygen atoms in total. The van der Waals surface area contributed by atoms with Crippen LogP contribution in [0.5, 0.6) is 0 Å². The third-order valence-corrected chi connectivity index (χ3v) is 3.19. The highest BCUT2D eigenvalue weighted by Gasteiger charge is 2.49. The molecule has 0 spiro atoms. The van der Waals surface area contributed by atoms with E-state index in [4.69, 9.17) is 0 Å². The summed E-state index contributed by atoms with van der Waals surface area (Å²) < 4.78 is 25.1. The van der Waals surface area contributed by atoms with Crippen LogP contribution in [0.4, 0.5) is 8.78 Å². The highest BCUT2D eigenvalue weighted by Crippen LogP contribution is 2.50. The molecular formula is C12H24F2. The predicted molar refractivity (Wildman–Crippen MR) is 57.6 cm³/mol. The molecule has 1 fully saturated rings. The van der Waals surface area contributed by atoms with Gasteiger partial charge in [-0.25, -0.2) is 8.78 Å². The summed E-state index contributed by atoms with van der Waals surface area (Å²) in [6.45, 7) is 12.4. The lowest BCUT2D eigenvalue weighted by atomic mass is 9.65. The molecule has 1 saturated carbocycles. The van der Waals surface area contributed by atoms with Crippen molar-refractivity contribution in [3.8, 4) is 0 Å². The fraction of sp³-hybridized carbons (Fsp3) is 1.00. The Balaban J connectivity index is 0.000000791. The Labute approximate surface area is 87.1 Å². The summed E-state index contributed by atoms with van der Waals surface area (Å²) in [6, 6.07) is 0. The molecule has 1 rings (SSSR count). The Bertz CT molecular complexity index is 160. The minimum absolute atomic E-state index is 0.103. The SMILES string of the molecule is CC.C[C@@H](C1CC(F)(F)C1)C(C)(C)C. The molecule has 0 heterocycles. The van der Waals surface area contributed by atoms with Crippen LogP contribution in [-0.4, -0.2) is 5.92 Å². The van der Waals surface area contributed by atoms with E-state index < -0.39 is 5.92 Å². The summed E-state index contributed by atoms with van der Waals surface area (Å²) in [5, 5.41) is 0. The number of rotatable bonds is 1. The van der Waals surface area contributed by atoms with Crippen molar-refractivity contribution >= 4 is 0 Å². The first-order valence-electron chi connectivity index (χ1n) is 5.60. The van der Waals surface area contributed by atoms with Gasteiger partial charge < -0.3 is 0 Å². The molecule has 14 heavy (non-hydrogen) atoms. The van der Waals surface area contributed by atoms with Crippen molar-refractivity contribution in [1.82, 2.24) is 0 Å². The number of alkyl halides is 2. The zero-order chi connectivity index (χ0) is 11.6.